The highest BCUT2D eigenvalue weighted by Crippen LogP contribution is 2.19. The molecule has 1 amide bonds. The highest BCUT2D eigenvalue weighted by molar-refractivity contribution is 6.99. The summed E-state index contributed by atoms with van der Waals surface area (Å²) in [5, 5.41) is 0. The van der Waals surface area contributed by atoms with Crippen LogP contribution in [0.4, 0.5) is 0 Å². The summed E-state index contributed by atoms with van der Waals surface area (Å²) in [7, 11) is 0. The van der Waals surface area contributed by atoms with Gasteiger partial charge in [0.2, 0.25) is 0 Å². The van der Waals surface area contributed by atoms with Gasteiger partial charge in [0.25, 0.3) is 5.91 Å². The van der Waals surface area contributed by atoms with Crippen LogP contribution in [0.1, 0.15) is 28.9 Å². The zero-order valence-corrected chi connectivity index (χ0v) is 17.9. The molecule has 0 saturated carbocycles. The molecule has 1 atom stereocenters. The van der Waals surface area contributed by atoms with Crippen LogP contribution in [-0.2, 0) is 16.0 Å². The molecule has 30 heavy (non-hydrogen) atoms. The molecule has 1 aromatic carbocycles. The average Bonchev–Trinajstić information content (AvgIpc) is 3.49. The Labute approximate surface area is 181 Å². The molecule has 0 N–H and O–H groups in total. The molecule has 0 aliphatic carbocycles. The Balaban J connectivity index is 1.32. The monoisotopic (exact) mass is 432 g/mol. The predicted octanol–water partition coefficient (Wildman–Crippen LogP) is 2.07. The van der Waals surface area contributed by atoms with Crippen LogP contribution in [0.5, 0.6) is 5.75 Å². The molecule has 8 nitrogen and oxygen atoms in total. The molecular weight excluding hydrogens is 404 g/mol. The maximum absolute atomic E-state index is 12.9. The van der Waals surface area contributed by atoms with Crippen LogP contribution < -0.4 is 4.74 Å². The van der Waals surface area contributed by atoms with Gasteiger partial charge in [-0.3, -0.25) is 9.69 Å². The van der Waals surface area contributed by atoms with Crippen LogP contribution in [-0.4, -0.2) is 83.2 Å². The van der Waals surface area contributed by atoms with Crippen molar-refractivity contribution in [3.05, 3.63) is 41.7 Å². The Hall–Kier alpha value is -2.07. The largest absolute Gasteiger partial charge is 0.492 e. The number of benzene rings is 1. The Morgan fingerprint density at radius 3 is 2.77 bits per heavy atom. The summed E-state index contributed by atoms with van der Waals surface area (Å²) >= 11 is 1.05. The van der Waals surface area contributed by atoms with Gasteiger partial charge in [-0.05, 0) is 30.5 Å². The van der Waals surface area contributed by atoms with E-state index in [-0.39, 0.29) is 12.0 Å². The van der Waals surface area contributed by atoms with Gasteiger partial charge in [-0.2, -0.15) is 8.75 Å². The van der Waals surface area contributed by atoms with E-state index in [0.29, 0.717) is 25.4 Å². The van der Waals surface area contributed by atoms with Gasteiger partial charge in [0.05, 0.1) is 37.2 Å². The minimum atomic E-state index is -0.106. The first-order valence-electron chi connectivity index (χ1n) is 10.5. The Bertz CT molecular complexity index is 775. The van der Waals surface area contributed by atoms with Crippen molar-refractivity contribution in [3.8, 4) is 5.75 Å². The number of rotatable bonds is 9. The lowest BCUT2D eigenvalue weighted by molar-refractivity contribution is 0.0322. The van der Waals surface area contributed by atoms with E-state index in [0.717, 1.165) is 75.3 Å². The molecule has 9 heteroatoms. The fraction of sp³-hybridized carbons (Fsp3) is 0.571. The number of hydrogen-bond acceptors (Lipinski definition) is 8. The van der Waals surface area contributed by atoms with Crippen molar-refractivity contribution in [2.24, 2.45) is 0 Å². The predicted molar refractivity (Wildman–Crippen MR) is 113 cm³/mol. The second-order valence-corrected chi connectivity index (χ2v) is 8.12. The molecule has 4 rings (SSSR count). The van der Waals surface area contributed by atoms with Crippen molar-refractivity contribution >= 4 is 17.6 Å². The minimum absolute atomic E-state index is 0.0864. The fourth-order valence-electron chi connectivity index (χ4n) is 3.70. The summed E-state index contributed by atoms with van der Waals surface area (Å²) in [6.07, 6.45) is 3.64. The number of ether oxygens (including phenoxy) is 3. The third-order valence-corrected chi connectivity index (χ3v) is 5.87. The van der Waals surface area contributed by atoms with Crippen LogP contribution in [0.15, 0.2) is 30.5 Å². The summed E-state index contributed by atoms with van der Waals surface area (Å²) in [6.45, 7) is 6.91. The second kappa shape index (κ2) is 10.8. The molecule has 0 radical (unpaired) electrons. The van der Waals surface area contributed by atoms with Gasteiger partial charge in [-0.1, -0.05) is 12.1 Å². The molecule has 2 aliphatic rings. The SMILES string of the molecule is O=C(c1cnsn1)N(Cc1ccc(OCCN2CCOCC2)cc1)C[C@@H]1CCCO1. The van der Waals surface area contributed by atoms with Crippen LogP contribution in [0, 0.1) is 0 Å². The normalized spacial score (nSPS) is 19.7. The van der Waals surface area contributed by atoms with Crippen molar-refractivity contribution in [3.63, 3.8) is 0 Å². The van der Waals surface area contributed by atoms with E-state index in [9.17, 15) is 4.79 Å². The van der Waals surface area contributed by atoms with Crippen LogP contribution in [0.3, 0.4) is 0 Å². The highest BCUT2D eigenvalue weighted by Gasteiger charge is 2.25. The van der Waals surface area contributed by atoms with Crippen LogP contribution >= 0.6 is 11.7 Å². The molecule has 2 aromatic rings. The van der Waals surface area contributed by atoms with Crippen molar-refractivity contribution in [2.75, 3.05) is 52.6 Å². The number of nitrogens with zero attached hydrogens (tertiary/aromatic N) is 4. The molecule has 2 fully saturated rings. The van der Waals surface area contributed by atoms with Gasteiger partial charge in [0, 0.05) is 39.3 Å². The fourth-order valence-corrected chi connectivity index (χ4v) is 4.11. The van der Waals surface area contributed by atoms with Gasteiger partial charge >= 0.3 is 0 Å². The lowest BCUT2D eigenvalue weighted by Gasteiger charge is -2.26. The second-order valence-electron chi connectivity index (χ2n) is 7.56. The van der Waals surface area contributed by atoms with E-state index in [2.05, 4.69) is 13.6 Å². The van der Waals surface area contributed by atoms with E-state index >= 15 is 0 Å². The summed E-state index contributed by atoms with van der Waals surface area (Å²) in [5.41, 5.74) is 1.44. The van der Waals surface area contributed by atoms with Gasteiger partial charge in [0.1, 0.15) is 12.4 Å². The first-order valence-corrected chi connectivity index (χ1v) is 11.2. The molecule has 3 heterocycles. The van der Waals surface area contributed by atoms with Gasteiger partial charge in [-0.25, -0.2) is 0 Å². The van der Waals surface area contributed by atoms with Crippen molar-refractivity contribution in [1.82, 2.24) is 18.5 Å². The number of carbonyl (C=O) groups excluding carboxylic acids is 1. The number of morpholine rings is 1. The number of amides is 1. The van der Waals surface area contributed by atoms with Crippen molar-refractivity contribution in [1.29, 1.82) is 0 Å². The first kappa shape index (κ1) is 21.2. The number of carbonyl (C=O) groups is 1. The summed E-state index contributed by atoms with van der Waals surface area (Å²) in [4.78, 5) is 17.0. The van der Waals surface area contributed by atoms with Crippen LogP contribution in [0.2, 0.25) is 0 Å². The summed E-state index contributed by atoms with van der Waals surface area (Å²) in [6, 6.07) is 7.96. The van der Waals surface area contributed by atoms with E-state index in [1.54, 1.807) is 4.90 Å². The van der Waals surface area contributed by atoms with Crippen LogP contribution in [0.25, 0.3) is 0 Å². The van der Waals surface area contributed by atoms with Crippen molar-refractivity contribution < 1.29 is 19.0 Å². The number of aromatic nitrogens is 2. The molecule has 0 unspecified atom stereocenters. The lowest BCUT2D eigenvalue weighted by Crippen LogP contribution is -2.38. The van der Waals surface area contributed by atoms with E-state index < -0.39 is 0 Å². The quantitative estimate of drug-likeness (QED) is 0.600. The molecule has 0 bridgehead atoms. The summed E-state index contributed by atoms with van der Waals surface area (Å²) < 4.78 is 25.1. The minimum Gasteiger partial charge on any atom is -0.492 e. The van der Waals surface area contributed by atoms with Gasteiger partial charge in [-0.15, -0.1) is 0 Å². The van der Waals surface area contributed by atoms with E-state index in [1.807, 2.05) is 24.3 Å². The van der Waals surface area contributed by atoms with E-state index in [4.69, 9.17) is 14.2 Å². The standard InChI is InChI=1S/C21H28N4O4S/c26-21(20-14-22-30-23-20)25(16-19-2-1-10-28-19)15-17-3-5-18(6-4-17)29-13-9-24-7-11-27-12-8-24/h3-6,14,19H,1-2,7-13,15-16H2/t19-/m0/s1. The molecular formula is C21H28N4O4S. The maximum Gasteiger partial charge on any atom is 0.275 e. The molecule has 0 spiro atoms. The topological polar surface area (TPSA) is 77.0 Å². The first-order chi connectivity index (χ1) is 14.8. The molecule has 162 valence electrons. The Morgan fingerprint density at radius 2 is 2.07 bits per heavy atom. The maximum atomic E-state index is 12.9. The zero-order chi connectivity index (χ0) is 20.6. The van der Waals surface area contributed by atoms with Crippen molar-refractivity contribution in [2.45, 2.75) is 25.5 Å². The molecule has 2 saturated heterocycles. The van der Waals surface area contributed by atoms with Gasteiger partial charge < -0.3 is 19.1 Å². The third-order valence-electron chi connectivity index (χ3n) is 5.39. The van der Waals surface area contributed by atoms with Gasteiger partial charge in [0.15, 0.2) is 5.69 Å². The third kappa shape index (κ3) is 5.98. The van der Waals surface area contributed by atoms with E-state index in [1.165, 1.54) is 6.20 Å². The smallest absolute Gasteiger partial charge is 0.275 e. The highest BCUT2D eigenvalue weighted by atomic mass is 32.1. The Kier molecular flexibility index (Phi) is 7.63. The summed E-state index contributed by atoms with van der Waals surface area (Å²) in [5.74, 6) is 0.734. The lowest BCUT2D eigenvalue weighted by atomic mass is 10.1. The number of hydrogen-bond donors (Lipinski definition) is 0. The average molecular weight is 433 g/mol. The Morgan fingerprint density at radius 1 is 1.23 bits per heavy atom. The molecule has 2 aliphatic heterocycles. The zero-order valence-electron chi connectivity index (χ0n) is 17.1. The molecule has 1 aromatic heterocycles.